The highest BCUT2D eigenvalue weighted by Gasteiger charge is 2.20. The Morgan fingerprint density at radius 3 is 2.15 bits per heavy atom. The van der Waals surface area contributed by atoms with Crippen molar-refractivity contribution in [3.05, 3.63) is 59.9 Å². The molecule has 2 rings (SSSR count). The molecule has 27 heavy (non-hydrogen) atoms. The summed E-state index contributed by atoms with van der Waals surface area (Å²) in [5.74, 6) is -5.24. The molecule has 0 bridgehead atoms. The van der Waals surface area contributed by atoms with Crippen LogP contribution in [0.2, 0.25) is 0 Å². The summed E-state index contributed by atoms with van der Waals surface area (Å²) in [6, 6.07) is 7.45. The highest BCUT2D eigenvalue weighted by molar-refractivity contribution is 7.89. The average Bonchev–Trinajstić information content (AvgIpc) is 2.62. The van der Waals surface area contributed by atoms with Crippen molar-refractivity contribution in [2.75, 3.05) is 18.5 Å². The van der Waals surface area contributed by atoms with Crippen molar-refractivity contribution in [3.8, 4) is 0 Å². The first-order valence-corrected chi connectivity index (χ1v) is 8.82. The smallest absolute Gasteiger partial charge is 0.321 e. The highest BCUT2D eigenvalue weighted by Crippen LogP contribution is 2.17. The molecule has 0 fully saturated rings. The van der Waals surface area contributed by atoms with Crippen LogP contribution >= 0.6 is 0 Å². The molecule has 0 saturated carbocycles. The molecule has 0 atom stereocenters. The maximum absolute atomic E-state index is 13.5. The number of hydrogen-bond acceptors (Lipinski definition) is 5. The van der Waals surface area contributed by atoms with Crippen LogP contribution in [0, 0.1) is 17.5 Å². The molecule has 2 aromatic rings. The third-order valence-corrected chi connectivity index (χ3v) is 4.56. The summed E-state index contributed by atoms with van der Waals surface area (Å²) in [6.07, 6.45) is 0. The third kappa shape index (κ3) is 5.53. The number of sulfonamides is 1. The van der Waals surface area contributed by atoms with Gasteiger partial charge in [-0.2, -0.15) is 4.72 Å². The molecule has 0 aliphatic rings. The SMILES string of the molecule is O=C(COC(=O)CNS(=O)(=O)c1ccccc1F)Nc1c(F)cccc1F. The van der Waals surface area contributed by atoms with Gasteiger partial charge in [0.05, 0.1) is 0 Å². The number of amides is 1. The van der Waals surface area contributed by atoms with Crippen LogP contribution in [0.3, 0.4) is 0 Å². The van der Waals surface area contributed by atoms with E-state index in [1.165, 1.54) is 12.1 Å². The lowest BCUT2D eigenvalue weighted by molar-refractivity contribution is -0.146. The molecule has 0 aromatic heterocycles. The maximum Gasteiger partial charge on any atom is 0.321 e. The van der Waals surface area contributed by atoms with Crippen molar-refractivity contribution in [3.63, 3.8) is 0 Å². The first-order valence-electron chi connectivity index (χ1n) is 7.34. The van der Waals surface area contributed by atoms with Gasteiger partial charge in [0.1, 0.15) is 34.6 Å². The molecule has 0 aliphatic heterocycles. The van der Waals surface area contributed by atoms with Gasteiger partial charge in [0.25, 0.3) is 5.91 Å². The molecule has 2 aromatic carbocycles. The normalized spacial score (nSPS) is 11.1. The number of hydrogen-bond donors (Lipinski definition) is 2. The molecule has 0 heterocycles. The largest absolute Gasteiger partial charge is 0.455 e. The van der Waals surface area contributed by atoms with E-state index in [2.05, 4.69) is 4.74 Å². The fourth-order valence-electron chi connectivity index (χ4n) is 1.88. The Morgan fingerprint density at radius 1 is 0.926 bits per heavy atom. The first-order chi connectivity index (χ1) is 12.7. The fourth-order valence-corrected chi connectivity index (χ4v) is 2.93. The van der Waals surface area contributed by atoms with E-state index in [9.17, 15) is 31.2 Å². The first kappa shape index (κ1) is 20.4. The Kier molecular flexibility index (Phi) is 6.53. The van der Waals surface area contributed by atoms with Crippen LogP contribution < -0.4 is 10.0 Å². The van der Waals surface area contributed by atoms with E-state index >= 15 is 0 Å². The number of benzene rings is 2. The van der Waals surface area contributed by atoms with Crippen LogP contribution in [0.25, 0.3) is 0 Å². The third-order valence-electron chi connectivity index (χ3n) is 3.12. The number of carbonyl (C=O) groups is 2. The second kappa shape index (κ2) is 8.64. The van der Waals surface area contributed by atoms with Gasteiger partial charge in [-0.1, -0.05) is 18.2 Å². The second-order valence-corrected chi connectivity index (χ2v) is 6.80. The van der Waals surface area contributed by atoms with Gasteiger partial charge in [-0.05, 0) is 24.3 Å². The van der Waals surface area contributed by atoms with Gasteiger partial charge in [-0.3, -0.25) is 9.59 Å². The van der Waals surface area contributed by atoms with Crippen LogP contribution in [-0.2, 0) is 24.3 Å². The zero-order chi connectivity index (χ0) is 20.0. The van der Waals surface area contributed by atoms with Crippen molar-refractivity contribution in [1.82, 2.24) is 4.72 Å². The number of nitrogens with one attached hydrogen (secondary N) is 2. The molecule has 0 radical (unpaired) electrons. The van der Waals surface area contributed by atoms with Crippen LogP contribution in [0.4, 0.5) is 18.9 Å². The minimum atomic E-state index is -4.31. The van der Waals surface area contributed by atoms with Crippen LogP contribution in [0.1, 0.15) is 0 Å². The van der Waals surface area contributed by atoms with Crippen molar-refractivity contribution in [2.45, 2.75) is 4.90 Å². The number of halogens is 3. The lowest BCUT2D eigenvalue weighted by Gasteiger charge is -2.09. The Morgan fingerprint density at radius 2 is 1.52 bits per heavy atom. The van der Waals surface area contributed by atoms with Crippen LogP contribution in [0.5, 0.6) is 0 Å². The molecular formula is C16H13F3N2O5S. The van der Waals surface area contributed by atoms with Crippen LogP contribution in [0.15, 0.2) is 47.4 Å². The van der Waals surface area contributed by atoms with E-state index < -0.39 is 63.1 Å². The zero-order valence-corrected chi connectivity index (χ0v) is 14.4. The summed E-state index contributed by atoms with van der Waals surface area (Å²) in [7, 11) is -4.31. The Bertz CT molecular complexity index is 946. The molecular weight excluding hydrogens is 389 g/mol. The average molecular weight is 402 g/mol. The molecule has 7 nitrogen and oxygen atoms in total. The maximum atomic E-state index is 13.5. The Labute approximate surface area is 152 Å². The van der Waals surface area contributed by atoms with Crippen molar-refractivity contribution in [2.24, 2.45) is 0 Å². The van der Waals surface area contributed by atoms with Gasteiger partial charge in [-0.15, -0.1) is 0 Å². The highest BCUT2D eigenvalue weighted by atomic mass is 32.2. The van der Waals surface area contributed by atoms with E-state index in [0.29, 0.717) is 0 Å². The number of esters is 1. The number of rotatable bonds is 7. The van der Waals surface area contributed by atoms with Crippen molar-refractivity contribution >= 4 is 27.6 Å². The molecule has 11 heteroatoms. The van der Waals surface area contributed by atoms with Gasteiger partial charge in [0, 0.05) is 0 Å². The quantitative estimate of drug-likeness (QED) is 0.685. The van der Waals surface area contributed by atoms with Crippen LogP contribution in [-0.4, -0.2) is 33.4 Å². The molecule has 0 unspecified atom stereocenters. The molecule has 0 saturated heterocycles. The van der Waals surface area contributed by atoms with E-state index in [0.717, 1.165) is 30.3 Å². The number of carbonyl (C=O) groups excluding carboxylic acids is 2. The molecule has 144 valence electrons. The minimum absolute atomic E-state index is 0.662. The fraction of sp³-hybridized carbons (Fsp3) is 0.125. The zero-order valence-electron chi connectivity index (χ0n) is 13.5. The summed E-state index contributed by atoms with van der Waals surface area (Å²) in [5.41, 5.74) is -0.709. The summed E-state index contributed by atoms with van der Waals surface area (Å²) >= 11 is 0. The number of anilines is 1. The van der Waals surface area contributed by atoms with E-state index in [-0.39, 0.29) is 0 Å². The van der Waals surface area contributed by atoms with E-state index in [1.807, 2.05) is 10.0 Å². The molecule has 0 spiro atoms. The number of ether oxygens (including phenoxy) is 1. The van der Waals surface area contributed by atoms with E-state index in [4.69, 9.17) is 0 Å². The van der Waals surface area contributed by atoms with E-state index in [1.54, 1.807) is 0 Å². The number of para-hydroxylation sites is 1. The van der Waals surface area contributed by atoms with Gasteiger partial charge in [-0.25, -0.2) is 21.6 Å². The Balaban J connectivity index is 1.86. The summed E-state index contributed by atoms with van der Waals surface area (Å²) in [4.78, 5) is 22.4. The topological polar surface area (TPSA) is 102 Å². The predicted octanol–water partition coefficient (Wildman–Crippen LogP) is 1.56. The molecule has 1 amide bonds. The molecule has 0 aliphatic carbocycles. The minimum Gasteiger partial charge on any atom is -0.455 e. The van der Waals surface area contributed by atoms with Gasteiger partial charge < -0.3 is 10.1 Å². The monoisotopic (exact) mass is 402 g/mol. The summed E-state index contributed by atoms with van der Waals surface area (Å²) < 4.78 is 70.4. The van der Waals surface area contributed by atoms with Crippen molar-refractivity contribution in [1.29, 1.82) is 0 Å². The molecule has 2 N–H and O–H groups in total. The lowest BCUT2D eigenvalue weighted by atomic mass is 10.3. The van der Waals surface area contributed by atoms with Gasteiger partial charge >= 0.3 is 5.97 Å². The Hall–Kier alpha value is -2.92. The summed E-state index contributed by atoms with van der Waals surface area (Å²) in [5, 5.41) is 1.89. The van der Waals surface area contributed by atoms with Crippen molar-refractivity contribution < 1.29 is 35.9 Å². The van der Waals surface area contributed by atoms with Gasteiger partial charge in [0.15, 0.2) is 6.61 Å². The predicted molar refractivity (Wildman–Crippen MR) is 87.5 cm³/mol. The van der Waals surface area contributed by atoms with Gasteiger partial charge in [0.2, 0.25) is 10.0 Å². The lowest BCUT2D eigenvalue weighted by Crippen LogP contribution is -2.32. The standard InChI is InChI=1S/C16H13F3N2O5S/c17-10-4-1-2-7-13(10)27(24,25)20-8-15(23)26-9-14(22)21-16-11(18)5-3-6-12(16)19/h1-7,20H,8-9H2,(H,21,22). The second-order valence-electron chi connectivity index (χ2n) is 5.06. The summed E-state index contributed by atoms with van der Waals surface area (Å²) in [6.45, 7) is -1.79.